The summed E-state index contributed by atoms with van der Waals surface area (Å²) in [7, 11) is 0. The zero-order valence-electron chi connectivity index (χ0n) is 21.0. The normalized spacial score (nSPS) is 15.2. The summed E-state index contributed by atoms with van der Waals surface area (Å²) in [6.45, 7) is 3.25. The molecule has 5 aromatic rings. The van der Waals surface area contributed by atoms with Crippen molar-refractivity contribution in [2.45, 2.75) is 51.5 Å². The first-order valence-corrected chi connectivity index (χ1v) is 13.1. The number of aromatic nitrogens is 4. The highest BCUT2D eigenvalue weighted by molar-refractivity contribution is 5.74. The predicted molar refractivity (Wildman–Crippen MR) is 146 cm³/mol. The molecule has 0 aliphatic heterocycles. The van der Waals surface area contributed by atoms with Gasteiger partial charge >= 0.3 is 0 Å². The van der Waals surface area contributed by atoms with Crippen LogP contribution < -0.4 is 5.32 Å². The Bertz CT molecular complexity index is 1410. The molecule has 0 radical (unpaired) electrons. The third kappa shape index (κ3) is 5.61. The Morgan fingerprint density at radius 3 is 2.54 bits per heavy atom. The molecule has 6 heteroatoms. The Balaban J connectivity index is 1.19. The number of benzene rings is 2. The molecule has 6 nitrogen and oxygen atoms in total. The van der Waals surface area contributed by atoms with Crippen molar-refractivity contribution in [2.75, 3.05) is 0 Å². The summed E-state index contributed by atoms with van der Waals surface area (Å²) >= 11 is 0. The maximum absolute atomic E-state index is 4.89. The van der Waals surface area contributed by atoms with Crippen LogP contribution in [0.15, 0.2) is 91.4 Å². The number of aromatic amines is 1. The molecule has 1 atom stereocenters. The van der Waals surface area contributed by atoms with E-state index in [0.29, 0.717) is 0 Å². The molecular weight excluding hydrogens is 456 g/mol. The average molecular weight is 489 g/mol. The Hall–Kier alpha value is -3.87. The van der Waals surface area contributed by atoms with E-state index >= 15 is 0 Å². The molecule has 3 aromatic heterocycles. The average Bonchev–Trinajstić information content (AvgIpc) is 3.36. The van der Waals surface area contributed by atoms with E-state index in [9.17, 15) is 0 Å². The molecule has 186 valence electrons. The zero-order valence-corrected chi connectivity index (χ0v) is 21.0. The number of imidazole rings is 1. The summed E-state index contributed by atoms with van der Waals surface area (Å²) in [5.74, 6) is 1.00. The number of pyridine rings is 2. The fourth-order valence-corrected chi connectivity index (χ4v) is 5.34. The van der Waals surface area contributed by atoms with Crippen molar-refractivity contribution in [1.29, 1.82) is 0 Å². The molecule has 0 spiro atoms. The van der Waals surface area contributed by atoms with E-state index in [0.717, 1.165) is 55.9 Å². The van der Waals surface area contributed by atoms with Crippen molar-refractivity contribution < 1.29 is 0 Å². The minimum atomic E-state index is 0.277. The minimum Gasteiger partial charge on any atom is -0.341 e. The quantitative estimate of drug-likeness (QED) is 0.278. The fraction of sp³-hybridized carbons (Fsp3) is 0.258. The van der Waals surface area contributed by atoms with Crippen LogP contribution in [0.1, 0.15) is 52.7 Å². The van der Waals surface area contributed by atoms with Gasteiger partial charge in [-0.05, 0) is 65.8 Å². The second-order valence-corrected chi connectivity index (χ2v) is 9.84. The first-order chi connectivity index (χ1) is 18.3. The number of para-hydroxylation sites is 2. The number of aryl methyl sites for hydroxylation is 1. The predicted octanol–water partition coefficient (Wildman–Crippen LogP) is 5.72. The lowest BCUT2D eigenvalue weighted by Gasteiger charge is -2.34. The van der Waals surface area contributed by atoms with E-state index in [2.05, 4.69) is 80.8 Å². The highest BCUT2D eigenvalue weighted by Crippen LogP contribution is 2.34. The highest BCUT2D eigenvalue weighted by atomic mass is 15.2. The Labute approximate surface area is 217 Å². The largest absolute Gasteiger partial charge is 0.341 e. The highest BCUT2D eigenvalue weighted by Gasteiger charge is 2.28. The molecule has 1 unspecified atom stereocenters. The van der Waals surface area contributed by atoms with Crippen molar-refractivity contribution in [3.05, 3.63) is 125 Å². The molecule has 2 N–H and O–H groups in total. The van der Waals surface area contributed by atoms with Gasteiger partial charge in [-0.15, -0.1) is 0 Å². The molecule has 6 rings (SSSR count). The smallest absolute Gasteiger partial charge is 0.121 e. The van der Waals surface area contributed by atoms with Crippen LogP contribution in [0.5, 0.6) is 0 Å². The Kier molecular flexibility index (Phi) is 7.01. The summed E-state index contributed by atoms with van der Waals surface area (Å²) in [5.41, 5.74) is 8.48. The maximum atomic E-state index is 4.89. The van der Waals surface area contributed by atoms with E-state index in [1.54, 1.807) is 0 Å². The number of hydrogen-bond acceptors (Lipinski definition) is 5. The first kappa shape index (κ1) is 23.5. The number of nitrogens with zero attached hydrogens (tertiary/aromatic N) is 4. The van der Waals surface area contributed by atoms with E-state index in [4.69, 9.17) is 9.97 Å². The standard InChI is InChI=1S/C31H32N6/c1-2-10-28-27(9-1)35-30(36-28)22-37(29-11-3-7-26-8-5-17-34-31(26)29)21-24-14-12-23(13-15-24)18-33-20-25-6-4-16-32-19-25/h1-2,4-6,8-10,12-17,19,29,33H,3,7,11,18,20-22H2,(H,35,36). The van der Waals surface area contributed by atoms with Crippen molar-refractivity contribution >= 4 is 11.0 Å². The molecule has 3 heterocycles. The van der Waals surface area contributed by atoms with Gasteiger partial charge < -0.3 is 10.3 Å². The van der Waals surface area contributed by atoms with Crippen LogP contribution in [0, 0.1) is 0 Å². The van der Waals surface area contributed by atoms with E-state index in [1.807, 2.05) is 30.7 Å². The van der Waals surface area contributed by atoms with E-state index in [-0.39, 0.29) is 6.04 Å². The number of rotatable bonds is 9. The van der Waals surface area contributed by atoms with Gasteiger partial charge in [-0.1, -0.05) is 48.5 Å². The number of H-pyrrole nitrogens is 1. The van der Waals surface area contributed by atoms with Gasteiger partial charge in [0.25, 0.3) is 0 Å². The second kappa shape index (κ2) is 11.0. The lowest BCUT2D eigenvalue weighted by molar-refractivity contribution is 0.153. The third-order valence-corrected chi connectivity index (χ3v) is 7.19. The molecule has 0 saturated heterocycles. The van der Waals surface area contributed by atoms with Crippen LogP contribution in [0.4, 0.5) is 0 Å². The summed E-state index contributed by atoms with van der Waals surface area (Å²) < 4.78 is 0. The van der Waals surface area contributed by atoms with Crippen LogP contribution in [-0.2, 0) is 32.6 Å². The number of fused-ring (bicyclic) bond motifs is 2. The third-order valence-electron chi connectivity index (χ3n) is 7.19. The zero-order chi connectivity index (χ0) is 24.9. The van der Waals surface area contributed by atoms with Gasteiger partial charge in [0.15, 0.2) is 0 Å². The molecule has 0 amide bonds. The molecule has 1 aliphatic rings. The monoisotopic (exact) mass is 488 g/mol. The molecule has 0 fully saturated rings. The van der Waals surface area contributed by atoms with Gasteiger partial charge in [0.05, 0.1) is 29.3 Å². The van der Waals surface area contributed by atoms with Crippen molar-refractivity contribution in [2.24, 2.45) is 0 Å². The van der Waals surface area contributed by atoms with E-state index in [1.165, 1.54) is 34.4 Å². The summed E-state index contributed by atoms with van der Waals surface area (Å²) in [6, 6.07) is 25.9. The summed E-state index contributed by atoms with van der Waals surface area (Å²) in [5, 5.41) is 3.52. The van der Waals surface area contributed by atoms with E-state index < -0.39 is 0 Å². The topological polar surface area (TPSA) is 69.7 Å². The molecule has 1 aliphatic carbocycles. The SMILES string of the molecule is c1cncc(CNCc2ccc(CN(Cc3nc4ccccc4[nH]3)C3CCCc4cccnc43)cc2)c1. The van der Waals surface area contributed by atoms with Crippen molar-refractivity contribution in [1.82, 2.24) is 30.2 Å². The van der Waals surface area contributed by atoms with Crippen molar-refractivity contribution in [3.8, 4) is 0 Å². The summed E-state index contributed by atoms with van der Waals surface area (Å²) in [4.78, 5) is 20.0. The van der Waals surface area contributed by atoms with Crippen LogP contribution >= 0.6 is 0 Å². The Morgan fingerprint density at radius 1 is 0.838 bits per heavy atom. The van der Waals surface area contributed by atoms with Gasteiger partial charge in [0.2, 0.25) is 0 Å². The van der Waals surface area contributed by atoms with Crippen molar-refractivity contribution in [3.63, 3.8) is 0 Å². The fourth-order valence-electron chi connectivity index (χ4n) is 5.34. The van der Waals surface area contributed by atoms with Gasteiger partial charge in [0.1, 0.15) is 5.82 Å². The molecule has 0 saturated carbocycles. The number of hydrogen-bond donors (Lipinski definition) is 2. The van der Waals surface area contributed by atoms with Gasteiger partial charge in [0, 0.05) is 38.2 Å². The van der Waals surface area contributed by atoms with Gasteiger partial charge in [-0.25, -0.2) is 4.98 Å². The molecular formula is C31H32N6. The van der Waals surface area contributed by atoms with Gasteiger partial charge in [-0.3, -0.25) is 14.9 Å². The lowest BCUT2D eigenvalue weighted by Crippen LogP contribution is -2.31. The molecule has 0 bridgehead atoms. The number of nitrogens with one attached hydrogen (secondary N) is 2. The first-order valence-electron chi connectivity index (χ1n) is 13.1. The minimum absolute atomic E-state index is 0.277. The van der Waals surface area contributed by atoms with Gasteiger partial charge in [-0.2, -0.15) is 0 Å². The van der Waals surface area contributed by atoms with Crippen LogP contribution in [0.3, 0.4) is 0 Å². The molecule has 37 heavy (non-hydrogen) atoms. The van der Waals surface area contributed by atoms with Crippen LogP contribution in [0.2, 0.25) is 0 Å². The maximum Gasteiger partial charge on any atom is 0.121 e. The molecule has 2 aromatic carbocycles. The Morgan fingerprint density at radius 2 is 1.68 bits per heavy atom. The van der Waals surface area contributed by atoms with Crippen LogP contribution in [0.25, 0.3) is 11.0 Å². The lowest BCUT2D eigenvalue weighted by atomic mass is 9.90. The van der Waals surface area contributed by atoms with Crippen LogP contribution in [-0.4, -0.2) is 24.8 Å². The summed E-state index contributed by atoms with van der Waals surface area (Å²) in [6.07, 6.45) is 9.05. The second-order valence-electron chi connectivity index (χ2n) is 9.84.